The summed E-state index contributed by atoms with van der Waals surface area (Å²) >= 11 is 0. The van der Waals surface area contributed by atoms with Crippen LogP contribution in [0.3, 0.4) is 0 Å². The Balaban J connectivity index is 1.61. The minimum absolute atomic E-state index is 0.0391. The molecule has 1 atom stereocenters. The highest BCUT2D eigenvalue weighted by atomic mass is 16.5. The highest BCUT2D eigenvalue weighted by molar-refractivity contribution is 5.80. The molecule has 6 nitrogen and oxygen atoms in total. The van der Waals surface area contributed by atoms with Crippen LogP contribution in [0.1, 0.15) is 31.0 Å². The third kappa shape index (κ3) is 4.31. The number of amides is 1. The number of carbonyl (C=O) groups is 2. The first-order chi connectivity index (χ1) is 12.6. The number of rotatable bonds is 5. The van der Waals surface area contributed by atoms with Gasteiger partial charge in [0.1, 0.15) is 0 Å². The van der Waals surface area contributed by atoms with Crippen LogP contribution >= 0.6 is 0 Å². The first-order valence-corrected chi connectivity index (χ1v) is 9.04. The maximum absolute atomic E-state index is 12.6. The van der Waals surface area contributed by atoms with E-state index in [9.17, 15) is 9.59 Å². The van der Waals surface area contributed by atoms with E-state index in [1.165, 1.54) is 5.56 Å². The number of ether oxygens (including phenoxy) is 1. The van der Waals surface area contributed by atoms with Crippen LogP contribution < -0.4 is 0 Å². The van der Waals surface area contributed by atoms with E-state index in [1.807, 2.05) is 31.2 Å². The van der Waals surface area contributed by atoms with Crippen molar-refractivity contribution in [1.82, 2.24) is 10.1 Å². The zero-order valence-corrected chi connectivity index (χ0v) is 15.2. The molecule has 1 saturated heterocycles. The van der Waals surface area contributed by atoms with Gasteiger partial charge in [-0.2, -0.15) is 0 Å². The third-order valence-electron chi connectivity index (χ3n) is 4.62. The molecular weight excluding hydrogens is 332 g/mol. The van der Waals surface area contributed by atoms with Gasteiger partial charge in [-0.25, -0.2) is 0 Å². The Labute approximate surface area is 153 Å². The SMILES string of the molecule is CCOC(=O)C1CCCN(C(=O)Cc2cc(-c3ccc(C)cc3)on2)C1. The zero-order chi connectivity index (χ0) is 18.5. The van der Waals surface area contributed by atoms with Crippen LogP contribution in [0.2, 0.25) is 0 Å². The Hall–Kier alpha value is -2.63. The van der Waals surface area contributed by atoms with Gasteiger partial charge in [0.25, 0.3) is 0 Å². The number of likely N-dealkylation sites (tertiary alicyclic amines) is 1. The molecule has 0 radical (unpaired) electrons. The van der Waals surface area contributed by atoms with Crippen molar-refractivity contribution in [2.45, 2.75) is 33.1 Å². The monoisotopic (exact) mass is 356 g/mol. The van der Waals surface area contributed by atoms with Gasteiger partial charge in [-0.05, 0) is 26.7 Å². The number of piperidine rings is 1. The molecule has 1 amide bonds. The summed E-state index contributed by atoms with van der Waals surface area (Å²) in [6.07, 6.45) is 1.75. The van der Waals surface area contributed by atoms with Crippen molar-refractivity contribution in [1.29, 1.82) is 0 Å². The average Bonchev–Trinajstić information content (AvgIpc) is 3.11. The summed E-state index contributed by atoms with van der Waals surface area (Å²) in [5, 5.41) is 4.02. The molecule has 1 aliphatic heterocycles. The van der Waals surface area contributed by atoms with E-state index >= 15 is 0 Å². The van der Waals surface area contributed by atoms with Crippen molar-refractivity contribution in [3.05, 3.63) is 41.6 Å². The molecule has 1 unspecified atom stereocenters. The second-order valence-corrected chi connectivity index (χ2v) is 6.66. The van der Waals surface area contributed by atoms with Crippen LogP contribution in [0.25, 0.3) is 11.3 Å². The summed E-state index contributed by atoms with van der Waals surface area (Å²) in [4.78, 5) is 26.2. The van der Waals surface area contributed by atoms with Gasteiger partial charge in [0.05, 0.1) is 24.6 Å². The van der Waals surface area contributed by atoms with Gasteiger partial charge in [0.15, 0.2) is 5.76 Å². The van der Waals surface area contributed by atoms with Gasteiger partial charge in [-0.3, -0.25) is 9.59 Å². The lowest BCUT2D eigenvalue weighted by molar-refractivity contribution is -0.151. The van der Waals surface area contributed by atoms with Crippen LogP contribution in [0.5, 0.6) is 0 Å². The first kappa shape index (κ1) is 18.2. The number of benzene rings is 1. The third-order valence-corrected chi connectivity index (χ3v) is 4.62. The molecule has 0 aliphatic carbocycles. The minimum Gasteiger partial charge on any atom is -0.466 e. The van der Waals surface area contributed by atoms with E-state index in [0.29, 0.717) is 31.2 Å². The van der Waals surface area contributed by atoms with Gasteiger partial charge in [0.2, 0.25) is 5.91 Å². The second kappa shape index (κ2) is 8.17. The molecule has 1 aliphatic rings. The first-order valence-electron chi connectivity index (χ1n) is 9.04. The number of hydrogen-bond acceptors (Lipinski definition) is 5. The lowest BCUT2D eigenvalue weighted by Crippen LogP contribution is -2.43. The quantitative estimate of drug-likeness (QED) is 0.770. The zero-order valence-electron chi connectivity index (χ0n) is 15.2. The number of aromatic nitrogens is 1. The number of hydrogen-bond donors (Lipinski definition) is 0. The number of aryl methyl sites for hydroxylation is 1. The minimum atomic E-state index is -0.229. The summed E-state index contributed by atoms with van der Waals surface area (Å²) in [6.45, 7) is 5.26. The normalized spacial score (nSPS) is 17.2. The van der Waals surface area contributed by atoms with E-state index in [-0.39, 0.29) is 24.2 Å². The average molecular weight is 356 g/mol. The molecule has 1 fully saturated rings. The Morgan fingerprint density at radius 2 is 2.08 bits per heavy atom. The molecule has 138 valence electrons. The molecule has 1 aromatic carbocycles. The Kier molecular flexibility index (Phi) is 5.71. The van der Waals surface area contributed by atoms with Crippen LogP contribution in [0.15, 0.2) is 34.9 Å². The molecule has 1 aromatic heterocycles. The van der Waals surface area contributed by atoms with Gasteiger partial charge in [-0.15, -0.1) is 0 Å². The van der Waals surface area contributed by atoms with Gasteiger partial charge in [-0.1, -0.05) is 35.0 Å². The Morgan fingerprint density at radius 3 is 2.81 bits per heavy atom. The molecule has 2 heterocycles. The highest BCUT2D eigenvalue weighted by Gasteiger charge is 2.29. The second-order valence-electron chi connectivity index (χ2n) is 6.66. The summed E-state index contributed by atoms with van der Waals surface area (Å²) in [5.41, 5.74) is 2.70. The highest BCUT2D eigenvalue weighted by Crippen LogP contribution is 2.22. The number of nitrogens with zero attached hydrogens (tertiary/aromatic N) is 2. The van der Waals surface area contributed by atoms with E-state index < -0.39 is 0 Å². The lowest BCUT2D eigenvalue weighted by atomic mass is 9.98. The van der Waals surface area contributed by atoms with Gasteiger partial charge < -0.3 is 14.2 Å². The molecule has 2 aromatic rings. The van der Waals surface area contributed by atoms with Crippen LogP contribution in [-0.2, 0) is 20.7 Å². The van der Waals surface area contributed by atoms with Crippen molar-refractivity contribution in [2.75, 3.05) is 19.7 Å². The summed E-state index contributed by atoms with van der Waals surface area (Å²) in [7, 11) is 0. The van der Waals surface area contributed by atoms with Crippen molar-refractivity contribution < 1.29 is 18.8 Å². The summed E-state index contributed by atoms with van der Waals surface area (Å²) < 4.78 is 10.5. The van der Waals surface area contributed by atoms with E-state index in [4.69, 9.17) is 9.26 Å². The van der Waals surface area contributed by atoms with E-state index in [2.05, 4.69) is 5.16 Å². The van der Waals surface area contributed by atoms with E-state index in [0.717, 1.165) is 18.4 Å². The lowest BCUT2D eigenvalue weighted by Gasteiger charge is -2.31. The fourth-order valence-corrected chi connectivity index (χ4v) is 3.17. The van der Waals surface area contributed by atoms with Crippen LogP contribution in [0.4, 0.5) is 0 Å². The number of carbonyl (C=O) groups excluding carboxylic acids is 2. The Morgan fingerprint density at radius 1 is 1.31 bits per heavy atom. The smallest absolute Gasteiger partial charge is 0.310 e. The fourth-order valence-electron chi connectivity index (χ4n) is 3.17. The van der Waals surface area contributed by atoms with Crippen molar-refractivity contribution in [3.63, 3.8) is 0 Å². The number of esters is 1. The maximum atomic E-state index is 12.6. The maximum Gasteiger partial charge on any atom is 0.310 e. The summed E-state index contributed by atoms with van der Waals surface area (Å²) in [6, 6.07) is 9.75. The van der Waals surface area contributed by atoms with Crippen molar-refractivity contribution in [2.24, 2.45) is 5.92 Å². The topological polar surface area (TPSA) is 72.6 Å². The van der Waals surface area contributed by atoms with Crippen LogP contribution in [0, 0.1) is 12.8 Å². The van der Waals surface area contributed by atoms with Gasteiger partial charge >= 0.3 is 5.97 Å². The van der Waals surface area contributed by atoms with Crippen molar-refractivity contribution in [3.8, 4) is 11.3 Å². The summed E-state index contributed by atoms with van der Waals surface area (Å²) in [5.74, 6) is 0.166. The molecule has 0 saturated carbocycles. The van der Waals surface area contributed by atoms with Gasteiger partial charge in [0, 0.05) is 24.7 Å². The molecule has 0 spiro atoms. The molecular formula is C20H24N2O4. The van der Waals surface area contributed by atoms with E-state index in [1.54, 1.807) is 17.9 Å². The predicted octanol–water partition coefficient (Wildman–Crippen LogP) is 2.99. The molecule has 0 N–H and O–H groups in total. The molecule has 0 bridgehead atoms. The van der Waals surface area contributed by atoms with Crippen molar-refractivity contribution >= 4 is 11.9 Å². The molecule has 6 heteroatoms. The standard InChI is InChI=1S/C20H24N2O4/c1-3-25-20(24)16-5-4-10-22(13-16)19(23)12-17-11-18(26-21-17)15-8-6-14(2)7-9-15/h6-9,11,16H,3-5,10,12-13H2,1-2H3. The predicted molar refractivity (Wildman–Crippen MR) is 96.3 cm³/mol. The molecule has 3 rings (SSSR count). The largest absolute Gasteiger partial charge is 0.466 e. The Bertz CT molecular complexity index is 766. The van der Waals surface area contributed by atoms with Crippen LogP contribution in [-0.4, -0.2) is 41.6 Å². The molecule has 26 heavy (non-hydrogen) atoms. The fraction of sp³-hybridized carbons (Fsp3) is 0.450.